The first-order chi connectivity index (χ1) is 9.11. The predicted molar refractivity (Wildman–Crippen MR) is 68.6 cm³/mol. The second-order valence-corrected chi connectivity index (χ2v) is 3.98. The lowest BCUT2D eigenvalue weighted by atomic mass is 10.2. The molecule has 2 N–H and O–H groups in total. The number of benzene rings is 1. The van der Waals surface area contributed by atoms with Gasteiger partial charge >= 0.3 is 5.97 Å². The summed E-state index contributed by atoms with van der Waals surface area (Å²) in [4.78, 5) is 15.0. The molecule has 0 unspecified atom stereocenters. The van der Waals surface area contributed by atoms with Gasteiger partial charge in [0.2, 0.25) is 0 Å². The Hall–Kier alpha value is -2.37. The minimum atomic E-state index is -1.28. The number of hydrogen-bond acceptors (Lipinski definition) is 3. The summed E-state index contributed by atoms with van der Waals surface area (Å²) >= 11 is 0. The molecule has 1 aromatic heterocycles. The summed E-state index contributed by atoms with van der Waals surface area (Å²) in [6.45, 7) is 3.26. The van der Waals surface area contributed by atoms with Gasteiger partial charge in [0.15, 0.2) is 0 Å². The minimum Gasteiger partial charge on any atom is -0.478 e. The van der Waals surface area contributed by atoms with Crippen molar-refractivity contribution in [2.24, 2.45) is 0 Å². The molecule has 0 atom stereocenters. The fourth-order valence-corrected chi connectivity index (χ4v) is 1.78. The zero-order valence-electron chi connectivity index (χ0n) is 10.4. The summed E-state index contributed by atoms with van der Waals surface area (Å²) in [6, 6.07) is 3.91. The number of aromatic nitrogens is 2. The molecule has 6 heteroatoms. The molecule has 0 bridgehead atoms. The lowest BCUT2D eigenvalue weighted by Crippen LogP contribution is -2.08. The Morgan fingerprint density at radius 2 is 2.32 bits per heavy atom. The molecule has 5 nitrogen and oxygen atoms in total. The zero-order valence-corrected chi connectivity index (χ0v) is 10.4. The molecule has 2 aromatic rings. The van der Waals surface area contributed by atoms with Crippen LogP contribution in [-0.4, -0.2) is 20.6 Å². The predicted octanol–water partition coefficient (Wildman–Crippen LogP) is 2.35. The molecule has 19 heavy (non-hydrogen) atoms. The van der Waals surface area contributed by atoms with E-state index in [2.05, 4.69) is 10.3 Å². The molecular formula is C13H14FN3O2. The van der Waals surface area contributed by atoms with E-state index < -0.39 is 11.8 Å². The Kier molecular flexibility index (Phi) is 3.79. The maximum absolute atomic E-state index is 13.2. The molecule has 0 aliphatic carbocycles. The van der Waals surface area contributed by atoms with Gasteiger partial charge in [0.1, 0.15) is 11.6 Å². The normalized spacial score (nSPS) is 10.4. The zero-order chi connectivity index (χ0) is 13.8. The first-order valence-electron chi connectivity index (χ1n) is 5.88. The maximum Gasteiger partial charge on any atom is 0.338 e. The Balaban J connectivity index is 2.12. The minimum absolute atomic E-state index is 0.344. The van der Waals surface area contributed by atoms with Gasteiger partial charge in [-0.3, -0.25) is 0 Å². The van der Waals surface area contributed by atoms with Crippen molar-refractivity contribution >= 4 is 11.7 Å². The van der Waals surface area contributed by atoms with Crippen molar-refractivity contribution in [3.8, 4) is 0 Å². The maximum atomic E-state index is 13.2. The van der Waals surface area contributed by atoms with Crippen molar-refractivity contribution in [1.82, 2.24) is 9.55 Å². The third-order valence-electron chi connectivity index (χ3n) is 2.79. The monoisotopic (exact) mass is 263 g/mol. The second kappa shape index (κ2) is 5.51. The van der Waals surface area contributed by atoms with Gasteiger partial charge in [-0.1, -0.05) is 0 Å². The molecular weight excluding hydrogens is 249 g/mol. The lowest BCUT2D eigenvalue weighted by Gasteiger charge is -2.09. The number of aromatic carboxylic acids is 1. The van der Waals surface area contributed by atoms with E-state index in [-0.39, 0.29) is 5.56 Å². The van der Waals surface area contributed by atoms with Crippen molar-refractivity contribution in [3.63, 3.8) is 0 Å². The topological polar surface area (TPSA) is 67.2 Å². The van der Waals surface area contributed by atoms with Gasteiger partial charge < -0.3 is 15.0 Å². The number of carboxylic acids is 1. The summed E-state index contributed by atoms with van der Waals surface area (Å²) < 4.78 is 15.2. The molecule has 0 fully saturated rings. The van der Waals surface area contributed by atoms with Crippen LogP contribution in [0.25, 0.3) is 0 Å². The van der Waals surface area contributed by atoms with E-state index in [0.29, 0.717) is 12.2 Å². The Bertz CT molecular complexity index is 595. The summed E-state index contributed by atoms with van der Waals surface area (Å²) in [5.74, 6) is -1.19. The van der Waals surface area contributed by atoms with Crippen molar-refractivity contribution in [2.75, 3.05) is 5.32 Å². The number of anilines is 1. The van der Waals surface area contributed by atoms with E-state index in [1.807, 2.05) is 17.7 Å². The standard InChI is InChI=1S/C13H14FN3O2/c1-2-17-6-5-15-12(17)8-16-9-3-4-11(14)10(7-9)13(18)19/h3-7,16H,2,8H2,1H3,(H,18,19). The number of hydrogen-bond donors (Lipinski definition) is 2. The number of nitrogens with zero attached hydrogens (tertiary/aromatic N) is 2. The van der Waals surface area contributed by atoms with Crippen LogP contribution in [-0.2, 0) is 13.1 Å². The molecule has 2 rings (SSSR count). The largest absolute Gasteiger partial charge is 0.478 e. The first kappa shape index (κ1) is 13.1. The van der Waals surface area contributed by atoms with Crippen molar-refractivity contribution in [2.45, 2.75) is 20.0 Å². The van der Waals surface area contributed by atoms with Gasteiger partial charge in [0, 0.05) is 24.6 Å². The van der Waals surface area contributed by atoms with E-state index in [1.165, 1.54) is 12.1 Å². The number of aryl methyl sites for hydroxylation is 1. The fourth-order valence-electron chi connectivity index (χ4n) is 1.78. The van der Waals surface area contributed by atoms with Crippen LogP contribution in [0.5, 0.6) is 0 Å². The quantitative estimate of drug-likeness (QED) is 0.869. The molecule has 0 saturated carbocycles. The van der Waals surface area contributed by atoms with Crippen LogP contribution >= 0.6 is 0 Å². The third kappa shape index (κ3) is 2.90. The Morgan fingerprint density at radius 1 is 1.53 bits per heavy atom. The van der Waals surface area contributed by atoms with Gasteiger partial charge in [-0.15, -0.1) is 0 Å². The Morgan fingerprint density at radius 3 is 3.00 bits per heavy atom. The SMILES string of the molecule is CCn1ccnc1CNc1ccc(F)c(C(=O)O)c1. The summed E-state index contributed by atoms with van der Waals surface area (Å²) in [5, 5.41) is 11.9. The molecule has 1 heterocycles. The highest BCUT2D eigenvalue weighted by atomic mass is 19.1. The average Bonchev–Trinajstić information content (AvgIpc) is 2.84. The van der Waals surface area contributed by atoms with Crippen LogP contribution in [0, 0.1) is 5.82 Å². The highest BCUT2D eigenvalue weighted by Crippen LogP contribution is 2.15. The van der Waals surface area contributed by atoms with E-state index >= 15 is 0 Å². The Labute approximate surface area is 109 Å². The number of carbonyl (C=O) groups is 1. The molecule has 0 spiro atoms. The van der Waals surface area contributed by atoms with Crippen LogP contribution < -0.4 is 5.32 Å². The molecule has 0 amide bonds. The van der Waals surface area contributed by atoms with Crippen LogP contribution in [0.15, 0.2) is 30.6 Å². The van der Waals surface area contributed by atoms with Crippen molar-refractivity contribution in [3.05, 3.63) is 47.8 Å². The highest BCUT2D eigenvalue weighted by molar-refractivity contribution is 5.89. The molecule has 0 saturated heterocycles. The second-order valence-electron chi connectivity index (χ2n) is 3.98. The molecule has 0 aliphatic heterocycles. The van der Waals surface area contributed by atoms with E-state index in [9.17, 15) is 9.18 Å². The molecule has 0 radical (unpaired) electrons. The number of rotatable bonds is 5. The summed E-state index contributed by atoms with van der Waals surface area (Å²) in [7, 11) is 0. The van der Waals surface area contributed by atoms with Crippen LogP contribution in [0.4, 0.5) is 10.1 Å². The third-order valence-corrected chi connectivity index (χ3v) is 2.79. The van der Waals surface area contributed by atoms with Crippen LogP contribution in [0.1, 0.15) is 23.1 Å². The van der Waals surface area contributed by atoms with Gasteiger partial charge in [-0.2, -0.15) is 0 Å². The van der Waals surface area contributed by atoms with Crippen LogP contribution in [0.2, 0.25) is 0 Å². The summed E-state index contributed by atoms with van der Waals surface area (Å²) in [5.41, 5.74) is 0.202. The van der Waals surface area contributed by atoms with Gasteiger partial charge in [0.05, 0.1) is 12.1 Å². The van der Waals surface area contributed by atoms with Gasteiger partial charge in [-0.25, -0.2) is 14.2 Å². The molecule has 0 aliphatic rings. The molecule has 1 aromatic carbocycles. The van der Waals surface area contributed by atoms with E-state index in [0.717, 1.165) is 18.4 Å². The number of nitrogens with one attached hydrogen (secondary N) is 1. The lowest BCUT2D eigenvalue weighted by molar-refractivity contribution is 0.0692. The van der Waals surface area contributed by atoms with Crippen molar-refractivity contribution < 1.29 is 14.3 Å². The van der Waals surface area contributed by atoms with Crippen LogP contribution in [0.3, 0.4) is 0 Å². The average molecular weight is 263 g/mol. The number of carboxylic acid groups (broad SMARTS) is 1. The van der Waals surface area contributed by atoms with E-state index in [4.69, 9.17) is 5.11 Å². The van der Waals surface area contributed by atoms with Gasteiger partial charge in [0.25, 0.3) is 0 Å². The summed E-state index contributed by atoms with van der Waals surface area (Å²) in [6.07, 6.45) is 3.57. The number of imidazole rings is 1. The fraction of sp³-hybridized carbons (Fsp3) is 0.231. The van der Waals surface area contributed by atoms with E-state index in [1.54, 1.807) is 6.20 Å². The highest BCUT2D eigenvalue weighted by Gasteiger charge is 2.11. The molecule has 100 valence electrons. The smallest absolute Gasteiger partial charge is 0.338 e. The first-order valence-corrected chi connectivity index (χ1v) is 5.88. The van der Waals surface area contributed by atoms with Crippen molar-refractivity contribution in [1.29, 1.82) is 0 Å². The van der Waals surface area contributed by atoms with Gasteiger partial charge in [-0.05, 0) is 25.1 Å². The number of halogens is 1.